The molecule has 0 aliphatic carbocycles. The number of methoxy groups -OCH3 is 1. The first-order valence-corrected chi connectivity index (χ1v) is 5.36. The Morgan fingerprint density at radius 2 is 1.84 bits per heavy atom. The van der Waals surface area contributed by atoms with Crippen LogP contribution >= 0.6 is 0 Å². The van der Waals surface area contributed by atoms with Crippen molar-refractivity contribution in [3.63, 3.8) is 0 Å². The summed E-state index contributed by atoms with van der Waals surface area (Å²) in [6.07, 6.45) is 0. The molecular formula is C14H12FFeNO2. The van der Waals surface area contributed by atoms with E-state index in [9.17, 15) is 9.18 Å². The Labute approximate surface area is 121 Å². The maximum absolute atomic E-state index is 13.8. The molecule has 3 nitrogen and oxygen atoms in total. The second-order valence-corrected chi connectivity index (χ2v) is 3.78. The monoisotopic (exact) mass is 301 g/mol. The molecule has 2 rings (SSSR count). The normalized spacial score (nSPS) is 9.58. The maximum atomic E-state index is 13.8. The first-order chi connectivity index (χ1) is 8.63. The number of esters is 1. The summed E-state index contributed by atoms with van der Waals surface area (Å²) in [5.74, 6) is -0.929. The second-order valence-electron chi connectivity index (χ2n) is 3.78. The van der Waals surface area contributed by atoms with Crippen LogP contribution in [-0.4, -0.2) is 13.1 Å². The van der Waals surface area contributed by atoms with E-state index in [1.54, 1.807) is 30.3 Å². The van der Waals surface area contributed by atoms with Gasteiger partial charge in [-0.15, -0.1) is 0 Å². The number of ether oxygens (including phenoxy) is 1. The predicted octanol–water partition coefficient (Wildman–Crippen LogP) is 2.86. The standard InChI is InChI=1S/C14H12FNO2.Fe/c1-18-14(17)11-7-6-9(16)8-12(11)10-4-2-3-5-13(10)15;/h2-8H,16H2,1H3;. The molecule has 0 unspecified atom stereocenters. The average molecular weight is 301 g/mol. The van der Waals surface area contributed by atoms with Gasteiger partial charge in [0.2, 0.25) is 0 Å². The number of nitrogens with two attached hydrogens (primary N) is 1. The summed E-state index contributed by atoms with van der Waals surface area (Å²) in [5, 5.41) is 0. The van der Waals surface area contributed by atoms with E-state index >= 15 is 0 Å². The summed E-state index contributed by atoms with van der Waals surface area (Å²) in [4.78, 5) is 11.6. The first kappa shape index (κ1) is 15.2. The van der Waals surface area contributed by atoms with Crippen molar-refractivity contribution in [3.05, 3.63) is 53.8 Å². The number of anilines is 1. The van der Waals surface area contributed by atoms with E-state index in [1.165, 1.54) is 19.2 Å². The van der Waals surface area contributed by atoms with Gasteiger partial charge in [-0.1, -0.05) is 18.2 Å². The van der Waals surface area contributed by atoms with Crippen molar-refractivity contribution in [1.82, 2.24) is 0 Å². The summed E-state index contributed by atoms with van der Waals surface area (Å²) in [7, 11) is 1.28. The molecule has 100 valence electrons. The zero-order valence-corrected chi connectivity index (χ0v) is 11.3. The number of halogens is 1. The van der Waals surface area contributed by atoms with Crippen molar-refractivity contribution in [2.24, 2.45) is 0 Å². The minimum atomic E-state index is -0.520. The van der Waals surface area contributed by atoms with E-state index in [0.29, 0.717) is 16.8 Å². The van der Waals surface area contributed by atoms with E-state index in [2.05, 4.69) is 4.74 Å². The molecule has 0 bridgehead atoms. The molecule has 0 aromatic heterocycles. The molecule has 2 aromatic carbocycles. The van der Waals surface area contributed by atoms with E-state index in [-0.39, 0.29) is 22.6 Å². The van der Waals surface area contributed by atoms with Gasteiger partial charge in [0.1, 0.15) is 5.82 Å². The third kappa shape index (κ3) is 3.13. The van der Waals surface area contributed by atoms with Crippen LogP contribution in [0.1, 0.15) is 10.4 Å². The molecule has 0 aliphatic heterocycles. The molecule has 0 spiro atoms. The van der Waals surface area contributed by atoms with E-state index in [4.69, 9.17) is 5.73 Å². The molecule has 0 radical (unpaired) electrons. The summed E-state index contributed by atoms with van der Waals surface area (Å²) < 4.78 is 18.4. The predicted molar refractivity (Wildman–Crippen MR) is 67.6 cm³/mol. The molecule has 2 aromatic rings. The van der Waals surface area contributed by atoms with Crippen molar-refractivity contribution < 1.29 is 31.0 Å². The fraction of sp³-hybridized carbons (Fsp3) is 0.0714. The van der Waals surface area contributed by atoms with Crippen LogP contribution in [0.3, 0.4) is 0 Å². The van der Waals surface area contributed by atoms with Gasteiger partial charge >= 0.3 is 5.97 Å². The Bertz CT molecular complexity index is 602. The molecule has 0 fully saturated rings. The maximum Gasteiger partial charge on any atom is 0.338 e. The summed E-state index contributed by atoms with van der Waals surface area (Å²) in [6.45, 7) is 0. The molecule has 0 aliphatic rings. The SMILES string of the molecule is COC(=O)c1ccc(N)cc1-c1ccccc1F.[Fe]. The zero-order valence-electron chi connectivity index (χ0n) is 10.2. The van der Waals surface area contributed by atoms with Gasteiger partial charge < -0.3 is 10.5 Å². The van der Waals surface area contributed by atoms with Gasteiger partial charge in [-0.3, -0.25) is 0 Å². The molecule has 0 saturated heterocycles. The fourth-order valence-corrected chi connectivity index (χ4v) is 1.75. The first-order valence-electron chi connectivity index (χ1n) is 5.36. The smallest absolute Gasteiger partial charge is 0.338 e. The number of rotatable bonds is 2. The van der Waals surface area contributed by atoms with Gasteiger partial charge in [-0.05, 0) is 24.3 Å². The van der Waals surface area contributed by atoms with Crippen molar-refractivity contribution in [1.29, 1.82) is 0 Å². The van der Waals surface area contributed by atoms with Crippen LogP contribution in [0.2, 0.25) is 0 Å². The van der Waals surface area contributed by atoms with Gasteiger partial charge in [0.25, 0.3) is 0 Å². The summed E-state index contributed by atoms with van der Waals surface area (Å²) >= 11 is 0. The van der Waals surface area contributed by atoms with Crippen LogP contribution in [0.15, 0.2) is 42.5 Å². The van der Waals surface area contributed by atoms with Gasteiger partial charge in [0.15, 0.2) is 0 Å². The minimum absolute atomic E-state index is 0. The Kier molecular flexibility index (Phi) is 5.10. The van der Waals surface area contributed by atoms with Crippen LogP contribution in [0.5, 0.6) is 0 Å². The number of carbonyl (C=O) groups excluding carboxylic acids is 1. The number of hydrogen-bond donors (Lipinski definition) is 1. The van der Waals surface area contributed by atoms with Crippen molar-refractivity contribution in [3.8, 4) is 11.1 Å². The number of carbonyl (C=O) groups is 1. The van der Waals surface area contributed by atoms with Gasteiger partial charge in [-0.2, -0.15) is 0 Å². The van der Waals surface area contributed by atoms with Crippen molar-refractivity contribution in [2.45, 2.75) is 0 Å². The molecule has 0 atom stereocenters. The van der Waals surface area contributed by atoms with Crippen LogP contribution in [0.25, 0.3) is 11.1 Å². The van der Waals surface area contributed by atoms with Crippen molar-refractivity contribution >= 4 is 11.7 Å². The fourth-order valence-electron chi connectivity index (χ4n) is 1.75. The van der Waals surface area contributed by atoms with Gasteiger partial charge in [0.05, 0.1) is 12.7 Å². The van der Waals surface area contributed by atoms with E-state index in [0.717, 1.165) is 0 Å². The van der Waals surface area contributed by atoms with Crippen LogP contribution in [-0.2, 0) is 21.8 Å². The summed E-state index contributed by atoms with van der Waals surface area (Å²) in [5.41, 5.74) is 7.18. The Morgan fingerprint density at radius 3 is 2.47 bits per heavy atom. The average Bonchev–Trinajstić information content (AvgIpc) is 2.38. The topological polar surface area (TPSA) is 52.3 Å². The summed E-state index contributed by atoms with van der Waals surface area (Å²) in [6, 6.07) is 10.9. The quantitative estimate of drug-likeness (QED) is 0.527. The van der Waals surface area contributed by atoms with E-state index < -0.39 is 11.8 Å². The van der Waals surface area contributed by atoms with Crippen molar-refractivity contribution in [2.75, 3.05) is 12.8 Å². The Balaban J connectivity index is 0.00000180. The van der Waals surface area contributed by atoms with Crippen LogP contribution in [0.4, 0.5) is 10.1 Å². The third-order valence-corrected chi connectivity index (χ3v) is 2.61. The molecule has 0 amide bonds. The van der Waals surface area contributed by atoms with Gasteiger partial charge in [-0.25, -0.2) is 9.18 Å². The minimum Gasteiger partial charge on any atom is -0.465 e. The van der Waals surface area contributed by atoms with Crippen LogP contribution < -0.4 is 5.73 Å². The second kappa shape index (κ2) is 6.36. The largest absolute Gasteiger partial charge is 0.465 e. The molecular weight excluding hydrogens is 289 g/mol. The molecule has 0 saturated carbocycles. The molecule has 2 N–H and O–H groups in total. The zero-order chi connectivity index (χ0) is 13.1. The number of benzene rings is 2. The number of hydrogen-bond acceptors (Lipinski definition) is 3. The number of nitrogen functional groups attached to an aromatic ring is 1. The van der Waals surface area contributed by atoms with Crippen LogP contribution in [0, 0.1) is 5.82 Å². The Morgan fingerprint density at radius 1 is 1.16 bits per heavy atom. The third-order valence-electron chi connectivity index (χ3n) is 2.61. The Hall–Kier alpha value is -1.84. The van der Waals surface area contributed by atoms with E-state index in [1.807, 2.05) is 0 Å². The van der Waals surface area contributed by atoms with Gasteiger partial charge in [0, 0.05) is 33.9 Å². The molecule has 0 heterocycles. The molecule has 19 heavy (non-hydrogen) atoms. The molecule has 5 heteroatoms.